The number of benzene rings is 1. The van der Waals surface area contributed by atoms with E-state index < -0.39 is 0 Å². The van der Waals surface area contributed by atoms with Crippen LogP contribution in [0.25, 0.3) is 12.2 Å². The molecule has 32 heavy (non-hydrogen) atoms. The minimum absolute atomic E-state index is 0.215. The van der Waals surface area contributed by atoms with E-state index in [0.29, 0.717) is 50.3 Å². The lowest BCUT2D eigenvalue weighted by Crippen LogP contribution is -2.11. The highest BCUT2D eigenvalue weighted by molar-refractivity contribution is 5.90. The van der Waals surface area contributed by atoms with Gasteiger partial charge in [-0.3, -0.25) is 0 Å². The first-order valence-electron chi connectivity index (χ1n) is 11.2. The predicted octanol–water partition coefficient (Wildman–Crippen LogP) is 4.68. The largest absolute Gasteiger partial charge is 0.491 e. The van der Waals surface area contributed by atoms with Crippen molar-refractivity contribution in [2.75, 3.05) is 26.4 Å². The highest BCUT2D eigenvalue weighted by Gasteiger charge is 2.26. The van der Waals surface area contributed by atoms with Crippen LogP contribution >= 0.6 is 0 Å². The van der Waals surface area contributed by atoms with E-state index in [-0.39, 0.29) is 12.2 Å². The zero-order valence-electron chi connectivity index (χ0n) is 18.1. The Bertz CT molecular complexity index is 941. The van der Waals surface area contributed by atoms with E-state index in [4.69, 9.17) is 29.8 Å². The molecule has 1 aromatic carbocycles. The fourth-order valence-electron chi connectivity index (χ4n) is 3.80. The van der Waals surface area contributed by atoms with Crippen LogP contribution in [-0.4, -0.2) is 50.1 Å². The van der Waals surface area contributed by atoms with E-state index in [0.717, 1.165) is 47.0 Å². The van der Waals surface area contributed by atoms with Crippen molar-refractivity contribution in [3.05, 3.63) is 70.2 Å². The quantitative estimate of drug-likeness (QED) is 0.584. The molecule has 2 saturated heterocycles. The van der Waals surface area contributed by atoms with Crippen LogP contribution in [0.3, 0.4) is 0 Å². The maximum atomic E-state index is 8.07. The van der Waals surface area contributed by atoms with Crippen molar-refractivity contribution in [1.29, 1.82) is 10.8 Å². The Kier molecular flexibility index (Phi) is 6.06. The summed E-state index contributed by atoms with van der Waals surface area (Å²) in [6.45, 7) is 2.69. The van der Waals surface area contributed by atoms with E-state index >= 15 is 0 Å². The standard InChI is InChI=1S/C26H28N2O4/c27-21-5-7-25(31-15-23-13-29-23)19(11-21)9-17-1-2-18(4-3-17)10-20-12-22(28)6-8-26(20)32-16-24-14-30-24/h1-4,7-10,23-24,27-28H,5-6,11-16H2. The second kappa shape index (κ2) is 9.27. The molecule has 2 unspecified atom stereocenters. The van der Waals surface area contributed by atoms with E-state index in [1.807, 2.05) is 12.2 Å². The fraction of sp³-hybridized carbons (Fsp3) is 0.385. The molecule has 2 N–H and O–H groups in total. The van der Waals surface area contributed by atoms with Crippen LogP contribution in [0.1, 0.15) is 36.8 Å². The van der Waals surface area contributed by atoms with Gasteiger partial charge in [0.1, 0.15) is 36.9 Å². The van der Waals surface area contributed by atoms with Crippen LogP contribution in [0.15, 0.2) is 59.1 Å². The normalized spacial score (nSPS) is 27.2. The van der Waals surface area contributed by atoms with Gasteiger partial charge in [-0.25, -0.2) is 0 Å². The van der Waals surface area contributed by atoms with E-state index in [1.54, 1.807) is 0 Å². The Morgan fingerprint density at radius 2 is 1.16 bits per heavy atom. The predicted molar refractivity (Wildman–Crippen MR) is 124 cm³/mol. The molecule has 6 nitrogen and oxygen atoms in total. The molecule has 2 fully saturated rings. The molecule has 0 amide bonds. The summed E-state index contributed by atoms with van der Waals surface area (Å²) >= 11 is 0. The monoisotopic (exact) mass is 432 g/mol. The van der Waals surface area contributed by atoms with Crippen LogP contribution in [0.4, 0.5) is 0 Å². The second-order valence-corrected chi connectivity index (χ2v) is 8.64. The molecule has 0 saturated carbocycles. The summed E-state index contributed by atoms with van der Waals surface area (Å²) in [5.74, 6) is 1.74. The molecule has 2 aliphatic heterocycles. The van der Waals surface area contributed by atoms with Crippen molar-refractivity contribution in [1.82, 2.24) is 0 Å². The zero-order valence-corrected chi connectivity index (χ0v) is 18.1. The molecule has 2 atom stereocenters. The van der Waals surface area contributed by atoms with Crippen LogP contribution in [0, 0.1) is 10.8 Å². The minimum Gasteiger partial charge on any atom is -0.491 e. The average Bonchev–Trinajstić information content (AvgIpc) is 3.69. The number of rotatable bonds is 8. The van der Waals surface area contributed by atoms with E-state index in [1.165, 1.54) is 0 Å². The molecule has 5 rings (SSSR count). The van der Waals surface area contributed by atoms with Gasteiger partial charge in [-0.1, -0.05) is 24.3 Å². The summed E-state index contributed by atoms with van der Waals surface area (Å²) in [6, 6.07) is 8.32. The van der Waals surface area contributed by atoms with Crippen molar-refractivity contribution in [3.8, 4) is 0 Å². The van der Waals surface area contributed by atoms with Crippen molar-refractivity contribution in [3.63, 3.8) is 0 Å². The lowest BCUT2D eigenvalue weighted by atomic mass is 9.94. The number of ether oxygens (including phenoxy) is 4. The SMILES string of the molecule is N=C1CC=C(OCC2CO2)C(=Cc2ccc(C=C3CC(=N)CC=C3OCC3CO3)cc2)C1. The minimum atomic E-state index is 0.215. The third-order valence-electron chi connectivity index (χ3n) is 5.78. The Morgan fingerprint density at radius 1 is 0.750 bits per heavy atom. The Hall–Kier alpha value is -2.96. The van der Waals surface area contributed by atoms with E-state index in [9.17, 15) is 0 Å². The maximum absolute atomic E-state index is 8.07. The topological polar surface area (TPSA) is 91.2 Å². The molecule has 0 spiro atoms. The third-order valence-corrected chi connectivity index (χ3v) is 5.78. The lowest BCUT2D eigenvalue weighted by molar-refractivity contribution is 0.188. The molecule has 6 heteroatoms. The molecule has 0 radical (unpaired) electrons. The lowest BCUT2D eigenvalue weighted by Gasteiger charge is -2.19. The van der Waals surface area contributed by atoms with Crippen LogP contribution in [0.2, 0.25) is 0 Å². The Labute approximate surface area is 188 Å². The van der Waals surface area contributed by atoms with Gasteiger partial charge in [0.2, 0.25) is 0 Å². The highest BCUT2D eigenvalue weighted by Crippen LogP contribution is 2.29. The smallest absolute Gasteiger partial charge is 0.119 e. The summed E-state index contributed by atoms with van der Waals surface area (Å²) in [5, 5.41) is 16.1. The van der Waals surface area contributed by atoms with Gasteiger partial charge in [0.15, 0.2) is 0 Å². The second-order valence-electron chi connectivity index (χ2n) is 8.64. The number of allylic oxidation sites excluding steroid dienone is 4. The number of hydrogen-bond acceptors (Lipinski definition) is 6. The third kappa shape index (κ3) is 5.64. The molecule has 2 heterocycles. The number of epoxide rings is 2. The first-order chi connectivity index (χ1) is 15.6. The molecule has 166 valence electrons. The van der Waals surface area contributed by atoms with E-state index in [2.05, 4.69) is 36.4 Å². The highest BCUT2D eigenvalue weighted by atomic mass is 16.6. The summed E-state index contributed by atoms with van der Waals surface area (Å²) < 4.78 is 22.4. The van der Waals surface area contributed by atoms with Gasteiger partial charge in [-0.05, 0) is 46.6 Å². The van der Waals surface area contributed by atoms with Gasteiger partial charge in [-0.2, -0.15) is 0 Å². The number of hydrogen-bond donors (Lipinski definition) is 2. The van der Waals surface area contributed by atoms with Gasteiger partial charge in [0.05, 0.1) is 13.2 Å². The summed E-state index contributed by atoms with van der Waals surface area (Å²) in [4.78, 5) is 0. The molecular weight excluding hydrogens is 404 g/mol. The van der Waals surface area contributed by atoms with Crippen molar-refractivity contribution in [2.45, 2.75) is 37.9 Å². The summed E-state index contributed by atoms with van der Waals surface area (Å²) in [7, 11) is 0. The summed E-state index contributed by atoms with van der Waals surface area (Å²) in [6.07, 6.45) is 11.1. The maximum Gasteiger partial charge on any atom is 0.119 e. The van der Waals surface area contributed by atoms with Gasteiger partial charge < -0.3 is 29.8 Å². The molecule has 1 aromatic rings. The van der Waals surface area contributed by atoms with Gasteiger partial charge in [0, 0.05) is 37.1 Å². The first-order valence-corrected chi connectivity index (χ1v) is 11.2. The fourth-order valence-corrected chi connectivity index (χ4v) is 3.80. The van der Waals surface area contributed by atoms with Gasteiger partial charge in [-0.15, -0.1) is 0 Å². The average molecular weight is 433 g/mol. The van der Waals surface area contributed by atoms with Crippen molar-refractivity contribution >= 4 is 23.6 Å². The zero-order chi connectivity index (χ0) is 21.9. The van der Waals surface area contributed by atoms with Crippen molar-refractivity contribution in [2.24, 2.45) is 0 Å². The van der Waals surface area contributed by atoms with Crippen LogP contribution < -0.4 is 0 Å². The molecule has 2 aliphatic carbocycles. The number of nitrogens with one attached hydrogen (secondary N) is 2. The van der Waals surface area contributed by atoms with Gasteiger partial charge in [0.25, 0.3) is 0 Å². The first kappa shape index (κ1) is 20.9. The van der Waals surface area contributed by atoms with Gasteiger partial charge >= 0.3 is 0 Å². The molecular formula is C26H28N2O4. The van der Waals surface area contributed by atoms with Crippen LogP contribution in [-0.2, 0) is 18.9 Å². The molecule has 0 bridgehead atoms. The Balaban J connectivity index is 1.30. The van der Waals surface area contributed by atoms with Crippen LogP contribution in [0.5, 0.6) is 0 Å². The Morgan fingerprint density at radius 3 is 1.53 bits per heavy atom. The molecule has 4 aliphatic rings. The summed E-state index contributed by atoms with van der Waals surface area (Å²) in [5.41, 5.74) is 5.61. The van der Waals surface area contributed by atoms with Crippen molar-refractivity contribution < 1.29 is 18.9 Å². The molecule has 0 aromatic heterocycles.